The molecular weight excluding hydrogens is 262 g/mol. The molecule has 3 unspecified atom stereocenters. The quantitative estimate of drug-likeness (QED) is 0.827. The monoisotopic (exact) mass is 295 g/mol. The summed E-state index contributed by atoms with van der Waals surface area (Å²) in [6.45, 7) is 4.58. The molecule has 2 aliphatic carbocycles. The SMILES string of the molecule is CCCC1CCC(C(=O)O)C(N(C)C2CCC(C)CC2)C1. The van der Waals surface area contributed by atoms with Gasteiger partial charge in [0.05, 0.1) is 5.92 Å². The van der Waals surface area contributed by atoms with Crippen LogP contribution in [0.4, 0.5) is 0 Å². The Labute approximate surface area is 130 Å². The summed E-state index contributed by atoms with van der Waals surface area (Å²) in [5.74, 6) is 0.859. The van der Waals surface area contributed by atoms with E-state index in [1.54, 1.807) is 0 Å². The summed E-state index contributed by atoms with van der Waals surface area (Å²) in [5, 5.41) is 9.59. The Morgan fingerprint density at radius 3 is 2.38 bits per heavy atom. The van der Waals surface area contributed by atoms with Crippen molar-refractivity contribution in [2.24, 2.45) is 17.8 Å². The van der Waals surface area contributed by atoms with Gasteiger partial charge in [0.1, 0.15) is 0 Å². The lowest BCUT2D eigenvalue weighted by molar-refractivity contribution is -0.146. The van der Waals surface area contributed by atoms with Gasteiger partial charge in [-0.1, -0.05) is 26.7 Å². The van der Waals surface area contributed by atoms with Gasteiger partial charge in [-0.2, -0.15) is 0 Å². The van der Waals surface area contributed by atoms with Crippen LogP contribution in [0.15, 0.2) is 0 Å². The first-order chi connectivity index (χ1) is 10.0. The van der Waals surface area contributed by atoms with Crippen LogP contribution in [0.3, 0.4) is 0 Å². The molecule has 0 aromatic carbocycles. The molecule has 0 heterocycles. The number of rotatable bonds is 5. The Morgan fingerprint density at radius 2 is 1.81 bits per heavy atom. The number of nitrogens with zero attached hydrogens (tertiary/aromatic N) is 1. The third-order valence-corrected chi connectivity index (χ3v) is 6.02. The molecule has 2 aliphatic rings. The zero-order valence-corrected chi connectivity index (χ0v) is 14.1. The van der Waals surface area contributed by atoms with E-state index in [2.05, 4.69) is 25.8 Å². The highest BCUT2D eigenvalue weighted by Gasteiger charge is 2.39. The van der Waals surface area contributed by atoms with Gasteiger partial charge in [0, 0.05) is 12.1 Å². The van der Waals surface area contributed by atoms with Crippen LogP contribution in [-0.2, 0) is 4.79 Å². The molecule has 0 aromatic rings. The van der Waals surface area contributed by atoms with Crippen LogP contribution in [0.25, 0.3) is 0 Å². The van der Waals surface area contributed by atoms with E-state index in [9.17, 15) is 9.90 Å². The Morgan fingerprint density at radius 1 is 1.14 bits per heavy atom. The van der Waals surface area contributed by atoms with Crippen molar-refractivity contribution in [2.75, 3.05) is 7.05 Å². The predicted molar refractivity (Wildman–Crippen MR) is 86.3 cm³/mol. The molecule has 0 spiro atoms. The zero-order valence-electron chi connectivity index (χ0n) is 14.1. The number of carbonyl (C=O) groups is 1. The van der Waals surface area contributed by atoms with Crippen molar-refractivity contribution in [1.82, 2.24) is 4.90 Å². The van der Waals surface area contributed by atoms with Crippen LogP contribution < -0.4 is 0 Å². The van der Waals surface area contributed by atoms with Gasteiger partial charge in [0.25, 0.3) is 0 Å². The summed E-state index contributed by atoms with van der Waals surface area (Å²) >= 11 is 0. The topological polar surface area (TPSA) is 40.5 Å². The van der Waals surface area contributed by atoms with Crippen molar-refractivity contribution in [3.8, 4) is 0 Å². The summed E-state index contributed by atoms with van der Waals surface area (Å²) in [7, 11) is 2.19. The first-order valence-electron chi connectivity index (χ1n) is 8.97. The summed E-state index contributed by atoms with van der Waals surface area (Å²) < 4.78 is 0. The molecule has 0 radical (unpaired) electrons. The molecular formula is C18H33NO2. The van der Waals surface area contributed by atoms with Crippen LogP contribution in [-0.4, -0.2) is 35.1 Å². The lowest BCUT2D eigenvalue weighted by Crippen LogP contribution is -2.50. The molecule has 0 aromatic heterocycles. The second-order valence-corrected chi connectivity index (χ2v) is 7.56. The summed E-state index contributed by atoms with van der Waals surface area (Å²) in [6.07, 6.45) is 10.7. The van der Waals surface area contributed by atoms with E-state index in [1.165, 1.54) is 38.5 Å². The van der Waals surface area contributed by atoms with E-state index in [1.807, 2.05) is 0 Å². The van der Waals surface area contributed by atoms with Crippen LogP contribution >= 0.6 is 0 Å². The first-order valence-corrected chi connectivity index (χ1v) is 8.97. The largest absolute Gasteiger partial charge is 0.481 e. The molecule has 3 atom stereocenters. The molecule has 0 saturated heterocycles. The molecule has 0 amide bonds. The Hall–Kier alpha value is -0.570. The molecule has 3 heteroatoms. The summed E-state index contributed by atoms with van der Waals surface area (Å²) in [4.78, 5) is 14.1. The Bertz CT molecular complexity index is 336. The number of carboxylic acids is 1. The minimum atomic E-state index is -0.578. The van der Waals surface area contributed by atoms with Gasteiger partial charge in [-0.15, -0.1) is 0 Å². The fraction of sp³-hybridized carbons (Fsp3) is 0.944. The third-order valence-electron chi connectivity index (χ3n) is 6.02. The molecule has 2 rings (SSSR count). The maximum atomic E-state index is 11.6. The van der Waals surface area contributed by atoms with Crippen molar-refractivity contribution in [3.05, 3.63) is 0 Å². The first kappa shape index (κ1) is 16.8. The minimum absolute atomic E-state index is 0.151. The molecule has 0 aliphatic heterocycles. The highest BCUT2D eigenvalue weighted by Crippen LogP contribution is 2.37. The van der Waals surface area contributed by atoms with Crippen LogP contribution in [0, 0.1) is 17.8 Å². The molecule has 2 saturated carbocycles. The zero-order chi connectivity index (χ0) is 15.4. The molecule has 3 nitrogen and oxygen atoms in total. The van der Waals surface area contributed by atoms with E-state index in [0.717, 1.165) is 31.1 Å². The minimum Gasteiger partial charge on any atom is -0.481 e. The van der Waals surface area contributed by atoms with Crippen molar-refractivity contribution in [1.29, 1.82) is 0 Å². The van der Waals surface area contributed by atoms with Gasteiger partial charge in [-0.25, -0.2) is 0 Å². The van der Waals surface area contributed by atoms with Gasteiger partial charge in [0.15, 0.2) is 0 Å². The third kappa shape index (κ3) is 4.21. The molecule has 122 valence electrons. The Kier molecular flexibility index (Phi) is 6.09. The maximum absolute atomic E-state index is 11.6. The summed E-state index contributed by atoms with van der Waals surface area (Å²) in [5.41, 5.74) is 0. The van der Waals surface area contributed by atoms with Gasteiger partial charge < -0.3 is 5.11 Å². The van der Waals surface area contributed by atoms with Crippen LogP contribution in [0.2, 0.25) is 0 Å². The highest BCUT2D eigenvalue weighted by atomic mass is 16.4. The highest BCUT2D eigenvalue weighted by molar-refractivity contribution is 5.71. The normalized spacial score (nSPS) is 37.6. The van der Waals surface area contributed by atoms with E-state index in [0.29, 0.717) is 6.04 Å². The van der Waals surface area contributed by atoms with Gasteiger partial charge in [-0.05, 0) is 63.8 Å². The Balaban J connectivity index is 2.02. The van der Waals surface area contributed by atoms with Crippen molar-refractivity contribution in [2.45, 2.75) is 83.7 Å². The van der Waals surface area contributed by atoms with Gasteiger partial charge in [0.2, 0.25) is 0 Å². The number of aliphatic carboxylic acids is 1. The smallest absolute Gasteiger partial charge is 0.308 e. The van der Waals surface area contributed by atoms with Crippen molar-refractivity contribution >= 4 is 5.97 Å². The van der Waals surface area contributed by atoms with Crippen molar-refractivity contribution < 1.29 is 9.90 Å². The molecule has 21 heavy (non-hydrogen) atoms. The predicted octanol–water partition coefficient (Wildman–Crippen LogP) is 4.17. The fourth-order valence-corrected chi connectivity index (χ4v) is 4.56. The van der Waals surface area contributed by atoms with E-state index in [-0.39, 0.29) is 12.0 Å². The molecule has 2 fully saturated rings. The van der Waals surface area contributed by atoms with Crippen LogP contribution in [0.5, 0.6) is 0 Å². The average Bonchev–Trinajstić information content (AvgIpc) is 2.47. The molecule has 1 N–H and O–H groups in total. The second-order valence-electron chi connectivity index (χ2n) is 7.56. The fourth-order valence-electron chi connectivity index (χ4n) is 4.56. The van der Waals surface area contributed by atoms with Gasteiger partial charge in [-0.3, -0.25) is 9.69 Å². The standard InChI is InChI=1S/C18H33NO2/c1-4-5-14-8-11-16(18(20)21)17(12-14)19(3)15-9-6-13(2)7-10-15/h13-17H,4-12H2,1-3H3,(H,20,21). The second kappa shape index (κ2) is 7.62. The van der Waals surface area contributed by atoms with E-state index in [4.69, 9.17) is 0 Å². The van der Waals surface area contributed by atoms with E-state index >= 15 is 0 Å². The van der Waals surface area contributed by atoms with Crippen LogP contribution in [0.1, 0.15) is 71.6 Å². The average molecular weight is 295 g/mol. The lowest BCUT2D eigenvalue weighted by atomic mass is 9.75. The number of carboxylic acid groups (broad SMARTS) is 1. The van der Waals surface area contributed by atoms with E-state index < -0.39 is 5.97 Å². The number of hydrogen-bond donors (Lipinski definition) is 1. The number of hydrogen-bond acceptors (Lipinski definition) is 2. The summed E-state index contributed by atoms with van der Waals surface area (Å²) in [6, 6.07) is 0.861. The molecule has 0 bridgehead atoms. The van der Waals surface area contributed by atoms with Crippen molar-refractivity contribution in [3.63, 3.8) is 0 Å². The lowest BCUT2D eigenvalue weighted by Gasteiger charge is -2.44. The van der Waals surface area contributed by atoms with Gasteiger partial charge >= 0.3 is 5.97 Å². The maximum Gasteiger partial charge on any atom is 0.308 e.